The summed E-state index contributed by atoms with van der Waals surface area (Å²) in [6.07, 6.45) is 8.48. The highest BCUT2D eigenvalue weighted by molar-refractivity contribution is 7.80. The van der Waals surface area contributed by atoms with Crippen LogP contribution in [0.5, 0.6) is 0 Å². The third-order valence-electron chi connectivity index (χ3n) is 5.15. The summed E-state index contributed by atoms with van der Waals surface area (Å²) >= 11 is 5.68. The molecule has 134 valence electrons. The minimum atomic E-state index is 0.212. The zero-order valence-corrected chi connectivity index (χ0v) is 16.2. The van der Waals surface area contributed by atoms with Crippen LogP contribution in [0.2, 0.25) is 0 Å². The number of aryl methyl sites for hydroxylation is 1. The topological polar surface area (TPSA) is 17.1 Å². The summed E-state index contributed by atoms with van der Waals surface area (Å²) in [5, 5.41) is 0. The SMILES string of the molecule is Cc1ccccc1CC(=S)CC(CC(=O)/C=C/c1ccccc1)C1CC1. The molecule has 1 aliphatic rings. The summed E-state index contributed by atoms with van der Waals surface area (Å²) < 4.78 is 0. The molecule has 0 heterocycles. The molecule has 0 radical (unpaired) electrons. The maximum Gasteiger partial charge on any atom is 0.156 e. The maximum absolute atomic E-state index is 12.4. The van der Waals surface area contributed by atoms with Gasteiger partial charge in [0, 0.05) is 12.8 Å². The zero-order chi connectivity index (χ0) is 18.4. The van der Waals surface area contributed by atoms with E-state index in [1.807, 2.05) is 36.4 Å². The van der Waals surface area contributed by atoms with E-state index >= 15 is 0 Å². The molecule has 0 aliphatic heterocycles. The van der Waals surface area contributed by atoms with Crippen LogP contribution in [0.15, 0.2) is 60.7 Å². The van der Waals surface area contributed by atoms with Crippen molar-refractivity contribution in [3.05, 3.63) is 77.4 Å². The number of allylic oxidation sites excluding steroid dienone is 1. The third kappa shape index (κ3) is 5.74. The summed E-state index contributed by atoms with van der Waals surface area (Å²) in [4.78, 5) is 13.5. The molecular formula is C24H26OS. The van der Waals surface area contributed by atoms with Crippen LogP contribution < -0.4 is 0 Å². The van der Waals surface area contributed by atoms with Crippen LogP contribution >= 0.6 is 12.2 Å². The van der Waals surface area contributed by atoms with Gasteiger partial charge < -0.3 is 0 Å². The normalized spacial score (nSPS) is 15.1. The monoisotopic (exact) mass is 362 g/mol. The lowest BCUT2D eigenvalue weighted by atomic mass is 9.89. The minimum Gasteiger partial charge on any atom is -0.295 e. The number of hydrogen-bond acceptors (Lipinski definition) is 2. The van der Waals surface area contributed by atoms with E-state index < -0.39 is 0 Å². The Morgan fingerprint density at radius 2 is 1.77 bits per heavy atom. The molecule has 2 aromatic carbocycles. The van der Waals surface area contributed by atoms with E-state index in [0.29, 0.717) is 18.3 Å². The van der Waals surface area contributed by atoms with Crippen molar-refractivity contribution in [3.8, 4) is 0 Å². The Balaban J connectivity index is 1.55. The fourth-order valence-electron chi connectivity index (χ4n) is 3.44. The molecule has 1 atom stereocenters. The first kappa shape index (κ1) is 18.7. The van der Waals surface area contributed by atoms with Gasteiger partial charge in [-0.3, -0.25) is 4.79 Å². The number of carbonyl (C=O) groups excluding carboxylic acids is 1. The quantitative estimate of drug-likeness (QED) is 0.402. The molecule has 0 aromatic heterocycles. The fraction of sp³-hybridized carbons (Fsp3) is 0.333. The molecular weight excluding hydrogens is 336 g/mol. The molecule has 1 saturated carbocycles. The first-order valence-electron chi connectivity index (χ1n) is 9.44. The minimum absolute atomic E-state index is 0.212. The third-order valence-corrected chi connectivity index (χ3v) is 5.46. The van der Waals surface area contributed by atoms with E-state index in [2.05, 4.69) is 31.2 Å². The van der Waals surface area contributed by atoms with Gasteiger partial charge in [0.25, 0.3) is 0 Å². The molecule has 1 aliphatic carbocycles. The van der Waals surface area contributed by atoms with Gasteiger partial charge in [-0.25, -0.2) is 0 Å². The van der Waals surface area contributed by atoms with Crippen molar-refractivity contribution in [2.24, 2.45) is 11.8 Å². The van der Waals surface area contributed by atoms with Crippen LogP contribution in [0, 0.1) is 18.8 Å². The molecule has 0 saturated heterocycles. The number of ketones is 1. The van der Waals surface area contributed by atoms with Gasteiger partial charge in [-0.05, 0) is 65.7 Å². The summed E-state index contributed by atoms with van der Waals surface area (Å²) in [7, 11) is 0. The van der Waals surface area contributed by atoms with Gasteiger partial charge in [0.15, 0.2) is 5.78 Å². The zero-order valence-electron chi connectivity index (χ0n) is 15.4. The molecule has 1 nitrogen and oxygen atoms in total. The lowest BCUT2D eigenvalue weighted by Crippen LogP contribution is -2.15. The van der Waals surface area contributed by atoms with Gasteiger partial charge in [0.2, 0.25) is 0 Å². The molecule has 1 fully saturated rings. The van der Waals surface area contributed by atoms with Gasteiger partial charge in [0.1, 0.15) is 0 Å². The molecule has 26 heavy (non-hydrogen) atoms. The molecule has 2 aromatic rings. The molecule has 0 spiro atoms. The van der Waals surface area contributed by atoms with Crippen molar-refractivity contribution in [1.82, 2.24) is 0 Å². The number of thiocarbonyl (C=S) groups is 1. The standard InChI is InChI=1S/C24H26OS/c1-18-7-5-6-10-21(18)16-24(26)17-22(20-12-13-20)15-23(25)14-11-19-8-3-2-4-9-19/h2-11,14,20,22H,12-13,15-17H2,1H3/b14-11+. The van der Waals surface area contributed by atoms with Gasteiger partial charge in [-0.15, -0.1) is 0 Å². The van der Waals surface area contributed by atoms with Crippen molar-refractivity contribution >= 4 is 28.9 Å². The maximum atomic E-state index is 12.4. The summed E-state index contributed by atoms with van der Waals surface area (Å²) in [6.45, 7) is 2.13. The highest BCUT2D eigenvalue weighted by atomic mass is 32.1. The average molecular weight is 363 g/mol. The van der Waals surface area contributed by atoms with Gasteiger partial charge >= 0.3 is 0 Å². The van der Waals surface area contributed by atoms with E-state index in [1.165, 1.54) is 24.0 Å². The Bertz CT molecular complexity index is 787. The molecule has 0 bridgehead atoms. The Labute approximate surface area is 162 Å². The first-order chi connectivity index (χ1) is 12.6. The number of benzene rings is 2. The van der Waals surface area contributed by atoms with E-state index in [4.69, 9.17) is 12.2 Å². The molecule has 0 amide bonds. The van der Waals surface area contributed by atoms with Crippen LogP contribution in [-0.2, 0) is 11.2 Å². The number of rotatable bonds is 9. The smallest absolute Gasteiger partial charge is 0.156 e. The summed E-state index contributed by atoms with van der Waals surface area (Å²) in [5.41, 5.74) is 3.67. The lowest BCUT2D eigenvalue weighted by Gasteiger charge is -2.16. The van der Waals surface area contributed by atoms with Crippen molar-refractivity contribution < 1.29 is 4.79 Å². The molecule has 1 unspecified atom stereocenters. The lowest BCUT2D eigenvalue weighted by molar-refractivity contribution is -0.115. The largest absolute Gasteiger partial charge is 0.295 e. The van der Waals surface area contributed by atoms with Crippen LogP contribution in [0.1, 0.15) is 42.4 Å². The van der Waals surface area contributed by atoms with Gasteiger partial charge in [0.05, 0.1) is 0 Å². The molecule has 3 rings (SSSR count). The Morgan fingerprint density at radius 1 is 1.08 bits per heavy atom. The van der Waals surface area contributed by atoms with E-state index in [0.717, 1.165) is 23.3 Å². The highest BCUT2D eigenvalue weighted by Gasteiger charge is 2.32. The van der Waals surface area contributed by atoms with Crippen LogP contribution in [0.4, 0.5) is 0 Å². The summed E-state index contributed by atoms with van der Waals surface area (Å²) in [5.74, 6) is 1.29. The second kappa shape index (κ2) is 9.05. The van der Waals surface area contributed by atoms with Crippen LogP contribution in [-0.4, -0.2) is 10.6 Å². The van der Waals surface area contributed by atoms with Crippen molar-refractivity contribution in [2.75, 3.05) is 0 Å². The number of carbonyl (C=O) groups is 1. The van der Waals surface area contributed by atoms with Crippen molar-refractivity contribution in [1.29, 1.82) is 0 Å². The molecule has 2 heteroatoms. The molecule has 0 N–H and O–H groups in total. The van der Waals surface area contributed by atoms with Gasteiger partial charge in [-0.1, -0.05) is 72.9 Å². The van der Waals surface area contributed by atoms with E-state index in [-0.39, 0.29) is 5.78 Å². The van der Waals surface area contributed by atoms with Crippen molar-refractivity contribution in [3.63, 3.8) is 0 Å². The average Bonchev–Trinajstić information content (AvgIpc) is 3.47. The fourth-order valence-corrected chi connectivity index (χ4v) is 3.81. The second-order valence-corrected chi connectivity index (χ2v) is 7.94. The Hall–Kier alpha value is -2.06. The number of hydrogen-bond donors (Lipinski definition) is 0. The Morgan fingerprint density at radius 3 is 2.46 bits per heavy atom. The van der Waals surface area contributed by atoms with Crippen LogP contribution in [0.25, 0.3) is 6.08 Å². The van der Waals surface area contributed by atoms with Crippen LogP contribution in [0.3, 0.4) is 0 Å². The van der Waals surface area contributed by atoms with E-state index in [9.17, 15) is 4.79 Å². The van der Waals surface area contributed by atoms with Crippen molar-refractivity contribution in [2.45, 2.75) is 39.0 Å². The Kier molecular flexibility index (Phi) is 6.51. The predicted molar refractivity (Wildman–Crippen MR) is 113 cm³/mol. The summed E-state index contributed by atoms with van der Waals surface area (Å²) in [6, 6.07) is 18.4. The highest BCUT2D eigenvalue weighted by Crippen LogP contribution is 2.41. The second-order valence-electron chi connectivity index (χ2n) is 7.36. The van der Waals surface area contributed by atoms with Gasteiger partial charge in [-0.2, -0.15) is 0 Å². The van der Waals surface area contributed by atoms with E-state index in [1.54, 1.807) is 6.08 Å². The predicted octanol–water partition coefficient (Wildman–Crippen LogP) is 6.00. The first-order valence-corrected chi connectivity index (χ1v) is 9.85.